The van der Waals surface area contributed by atoms with E-state index >= 15 is 0 Å². The molecule has 0 aliphatic heterocycles. The van der Waals surface area contributed by atoms with Gasteiger partial charge in [0.05, 0.1) is 0 Å². The van der Waals surface area contributed by atoms with Crippen LogP contribution in [-0.4, -0.2) is 24.0 Å². The van der Waals surface area contributed by atoms with E-state index in [1.807, 2.05) is 0 Å². The lowest BCUT2D eigenvalue weighted by atomic mass is 10.4. The summed E-state index contributed by atoms with van der Waals surface area (Å²) < 4.78 is 33.0. The van der Waals surface area contributed by atoms with Gasteiger partial charge in [-0.15, -0.1) is 0 Å². The van der Waals surface area contributed by atoms with Crippen LogP contribution in [0.4, 0.5) is 13.2 Å². The number of hydrogen-bond donors (Lipinski definition) is 1. The summed E-state index contributed by atoms with van der Waals surface area (Å²) in [6.45, 7) is -1.52. The van der Waals surface area contributed by atoms with E-state index in [0.717, 1.165) is 0 Å². The molecule has 0 saturated heterocycles. The van der Waals surface area contributed by atoms with E-state index in [1.165, 1.54) is 0 Å². The van der Waals surface area contributed by atoms with E-state index in [4.69, 9.17) is 5.11 Å². The molecule has 0 aliphatic carbocycles. The zero-order chi connectivity index (χ0) is 6.78. The molecule has 8 heavy (non-hydrogen) atoms. The zero-order valence-electron chi connectivity index (χ0n) is 3.77. The van der Waals surface area contributed by atoms with Gasteiger partial charge >= 0.3 is 6.18 Å². The largest absolute Gasteiger partial charge is 0.416 e. The fraction of sp³-hybridized carbons (Fsp3) is 1.00. The highest BCUT2D eigenvalue weighted by Gasteiger charge is 2.37. The highest BCUT2D eigenvalue weighted by molar-refractivity contribution is 4.61. The van der Waals surface area contributed by atoms with Crippen LogP contribution >= 0.6 is 0 Å². The SMILES string of the molecule is [O]CC(O)C(F)(F)F. The van der Waals surface area contributed by atoms with Crippen molar-refractivity contribution in [2.24, 2.45) is 0 Å². The summed E-state index contributed by atoms with van der Waals surface area (Å²) in [6.07, 6.45) is -7.45. The van der Waals surface area contributed by atoms with Gasteiger partial charge in [-0.3, -0.25) is 0 Å². The van der Waals surface area contributed by atoms with Gasteiger partial charge in [0, 0.05) is 0 Å². The van der Waals surface area contributed by atoms with Gasteiger partial charge in [0.1, 0.15) is 6.61 Å². The smallest absolute Gasteiger partial charge is 0.381 e. The molecule has 0 aromatic carbocycles. The first-order valence-electron chi connectivity index (χ1n) is 1.81. The Morgan fingerprint density at radius 3 is 1.88 bits per heavy atom. The van der Waals surface area contributed by atoms with Crippen molar-refractivity contribution in [1.82, 2.24) is 0 Å². The van der Waals surface area contributed by atoms with Gasteiger partial charge in [-0.2, -0.15) is 13.2 Å². The molecule has 0 aromatic heterocycles. The van der Waals surface area contributed by atoms with E-state index in [1.54, 1.807) is 0 Å². The van der Waals surface area contributed by atoms with Crippen molar-refractivity contribution >= 4 is 0 Å². The van der Waals surface area contributed by atoms with Gasteiger partial charge in [0.25, 0.3) is 0 Å². The minimum absolute atomic E-state index is 1.52. The lowest BCUT2D eigenvalue weighted by molar-refractivity contribution is -0.217. The second kappa shape index (κ2) is 2.32. The molecule has 2 nitrogen and oxygen atoms in total. The first-order valence-corrected chi connectivity index (χ1v) is 1.81. The van der Waals surface area contributed by atoms with Gasteiger partial charge in [0.2, 0.25) is 0 Å². The number of halogens is 3. The highest BCUT2D eigenvalue weighted by Crippen LogP contribution is 2.18. The van der Waals surface area contributed by atoms with Crippen LogP contribution in [0.15, 0.2) is 0 Å². The quantitative estimate of drug-likeness (QED) is 0.544. The van der Waals surface area contributed by atoms with Crippen molar-refractivity contribution in [2.45, 2.75) is 12.3 Å². The number of hydrogen-bond acceptors (Lipinski definition) is 1. The molecule has 49 valence electrons. The van der Waals surface area contributed by atoms with Crippen molar-refractivity contribution in [3.8, 4) is 0 Å². The van der Waals surface area contributed by atoms with Crippen LogP contribution in [0.2, 0.25) is 0 Å². The molecule has 1 atom stereocenters. The molecule has 1 N–H and O–H groups in total. The molecule has 0 heterocycles. The number of aliphatic hydroxyl groups is 1. The monoisotopic (exact) mass is 129 g/mol. The Hall–Kier alpha value is -0.290. The summed E-state index contributed by atoms with van der Waals surface area (Å²) in [5, 5.41) is 17.1. The Kier molecular flexibility index (Phi) is 2.24. The standard InChI is InChI=1S/C3H4F3O2/c4-3(5,6)2(8)1-7/h2,8H,1H2. The van der Waals surface area contributed by atoms with Gasteiger partial charge in [0.15, 0.2) is 6.10 Å². The van der Waals surface area contributed by atoms with Crippen molar-refractivity contribution in [1.29, 1.82) is 0 Å². The maximum atomic E-state index is 11.0. The lowest BCUT2D eigenvalue weighted by Crippen LogP contribution is -2.31. The van der Waals surface area contributed by atoms with Crippen molar-refractivity contribution in [3.63, 3.8) is 0 Å². The predicted octanol–water partition coefficient (Wildman–Crippen LogP) is 0.340. The first-order chi connectivity index (χ1) is 3.48. The fourth-order valence-electron chi connectivity index (χ4n) is 0.0945. The Labute approximate surface area is 43.6 Å². The van der Waals surface area contributed by atoms with Crippen LogP contribution in [0.3, 0.4) is 0 Å². The van der Waals surface area contributed by atoms with Crippen LogP contribution < -0.4 is 0 Å². The van der Waals surface area contributed by atoms with Gasteiger partial charge < -0.3 is 5.11 Å². The molecule has 1 radical (unpaired) electrons. The third-order valence-corrected chi connectivity index (χ3v) is 0.536. The second-order valence-electron chi connectivity index (χ2n) is 1.22. The van der Waals surface area contributed by atoms with Crippen LogP contribution in [0.5, 0.6) is 0 Å². The summed E-state index contributed by atoms with van der Waals surface area (Å²) >= 11 is 0. The summed E-state index contributed by atoms with van der Waals surface area (Å²) in [4.78, 5) is 0. The van der Waals surface area contributed by atoms with E-state index in [0.29, 0.717) is 0 Å². The fourth-order valence-corrected chi connectivity index (χ4v) is 0.0945. The summed E-state index contributed by atoms with van der Waals surface area (Å²) in [7, 11) is 0. The van der Waals surface area contributed by atoms with E-state index in [2.05, 4.69) is 0 Å². The molecule has 0 fully saturated rings. The summed E-state index contributed by atoms with van der Waals surface area (Å²) in [5.41, 5.74) is 0. The minimum atomic E-state index is -4.75. The van der Waals surface area contributed by atoms with Crippen LogP contribution in [-0.2, 0) is 5.11 Å². The van der Waals surface area contributed by atoms with Gasteiger partial charge in [-0.1, -0.05) is 0 Å². The summed E-state index contributed by atoms with van der Waals surface area (Å²) in [6, 6.07) is 0. The van der Waals surface area contributed by atoms with Gasteiger partial charge in [-0.25, -0.2) is 5.11 Å². The molecule has 1 unspecified atom stereocenters. The highest BCUT2D eigenvalue weighted by atomic mass is 19.4. The molecule has 0 rings (SSSR count). The Balaban J connectivity index is 3.62. The molecular formula is C3H4F3O2. The van der Waals surface area contributed by atoms with Crippen LogP contribution in [0.25, 0.3) is 0 Å². The molecular weight excluding hydrogens is 125 g/mol. The Morgan fingerprint density at radius 2 is 1.88 bits per heavy atom. The van der Waals surface area contributed by atoms with Crippen molar-refractivity contribution in [3.05, 3.63) is 0 Å². The molecule has 0 aliphatic rings. The zero-order valence-corrected chi connectivity index (χ0v) is 3.77. The molecule has 0 saturated carbocycles. The topological polar surface area (TPSA) is 40.1 Å². The van der Waals surface area contributed by atoms with Crippen LogP contribution in [0.1, 0.15) is 0 Å². The average molecular weight is 129 g/mol. The molecule has 0 bridgehead atoms. The van der Waals surface area contributed by atoms with Crippen molar-refractivity contribution in [2.75, 3.05) is 6.61 Å². The molecule has 0 spiro atoms. The van der Waals surface area contributed by atoms with E-state index in [-0.39, 0.29) is 0 Å². The first kappa shape index (κ1) is 7.71. The average Bonchev–Trinajstić information content (AvgIpc) is 1.62. The third-order valence-electron chi connectivity index (χ3n) is 0.536. The lowest BCUT2D eigenvalue weighted by Gasteiger charge is -2.08. The third kappa shape index (κ3) is 2.13. The normalized spacial score (nSPS) is 16.1. The Bertz CT molecular complexity index is 69.4. The van der Waals surface area contributed by atoms with E-state index in [9.17, 15) is 18.3 Å². The maximum absolute atomic E-state index is 11.0. The number of rotatable bonds is 1. The predicted molar refractivity (Wildman–Crippen MR) is 17.6 cm³/mol. The minimum Gasteiger partial charge on any atom is -0.381 e. The number of aliphatic hydroxyl groups excluding tert-OH is 1. The molecule has 0 aromatic rings. The van der Waals surface area contributed by atoms with Crippen molar-refractivity contribution < 1.29 is 23.4 Å². The molecule has 5 heteroatoms. The van der Waals surface area contributed by atoms with Crippen LogP contribution in [0, 0.1) is 0 Å². The number of alkyl halides is 3. The van der Waals surface area contributed by atoms with E-state index < -0.39 is 18.9 Å². The van der Waals surface area contributed by atoms with Gasteiger partial charge in [-0.05, 0) is 0 Å². The Morgan fingerprint density at radius 1 is 1.50 bits per heavy atom. The summed E-state index contributed by atoms with van der Waals surface area (Å²) in [5.74, 6) is 0. The second-order valence-corrected chi connectivity index (χ2v) is 1.22. The maximum Gasteiger partial charge on any atom is 0.416 e. The molecule has 0 amide bonds.